The molecule has 0 fully saturated rings. The molecular weight excluding hydrogens is 286 g/mol. The van der Waals surface area contributed by atoms with Crippen molar-refractivity contribution in [2.24, 2.45) is 0 Å². The van der Waals surface area contributed by atoms with E-state index in [4.69, 9.17) is 4.74 Å². The first-order valence-electron chi connectivity index (χ1n) is 7.37. The van der Waals surface area contributed by atoms with Crippen LogP contribution in [-0.4, -0.2) is 11.0 Å². The van der Waals surface area contributed by atoms with Crippen molar-refractivity contribution in [1.82, 2.24) is 4.98 Å². The Morgan fingerprint density at radius 2 is 1.87 bits per heavy atom. The first kappa shape index (κ1) is 14.9. The molecule has 0 saturated carbocycles. The van der Waals surface area contributed by atoms with Gasteiger partial charge in [0.1, 0.15) is 5.75 Å². The molecule has 114 valence electrons. The molecule has 3 nitrogen and oxygen atoms in total. The summed E-state index contributed by atoms with van der Waals surface area (Å²) in [4.78, 5) is 15.3. The zero-order valence-electron chi connectivity index (χ0n) is 12.9. The Morgan fingerprint density at radius 3 is 2.65 bits per heavy atom. The first-order valence-corrected chi connectivity index (χ1v) is 7.37. The summed E-state index contributed by atoms with van der Waals surface area (Å²) < 4.78 is 5.35. The third kappa shape index (κ3) is 3.09. The molecule has 0 spiro atoms. The number of hydrogen-bond acceptors (Lipinski definition) is 2. The highest BCUT2D eigenvalue weighted by Gasteiger charge is 2.07. The van der Waals surface area contributed by atoms with E-state index in [0.717, 1.165) is 27.7 Å². The summed E-state index contributed by atoms with van der Waals surface area (Å²) in [7, 11) is 0. The highest BCUT2D eigenvalue weighted by atomic mass is 16.5. The van der Waals surface area contributed by atoms with Crippen molar-refractivity contribution in [1.29, 1.82) is 0 Å². The van der Waals surface area contributed by atoms with E-state index in [0.29, 0.717) is 5.75 Å². The number of aryl methyl sites for hydroxylation is 1. The predicted molar refractivity (Wildman–Crippen MR) is 94.2 cm³/mol. The Morgan fingerprint density at radius 1 is 1.13 bits per heavy atom. The topological polar surface area (TPSA) is 42.1 Å². The molecule has 3 aromatic rings. The quantitative estimate of drug-likeness (QED) is 0.430. The Labute approximate surface area is 134 Å². The van der Waals surface area contributed by atoms with Gasteiger partial charge >= 0.3 is 5.97 Å². The zero-order valence-corrected chi connectivity index (χ0v) is 12.9. The number of fused-ring (bicyclic) bond motifs is 1. The lowest BCUT2D eigenvalue weighted by molar-refractivity contribution is -0.128. The highest BCUT2D eigenvalue weighted by molar-refractivity contribution is 5.95. The lowest BCUT2D eigenvalue weighted by Gasteiger charge is -2.03. The van der Waals surface area contributed by atoms with Gasteiger partial charge in [-0.2, -0.15) is 0 Å². The summed E-state index contributed by atoms with van der Waals surface area (Å²) in [6.07, 6.45) is 4.92. The van der Waals surface area contributed by atoms with Crippen molar-refractivity contribution in [3.05, 3.63) is 78.0 Å². The number of aromatic nitrogens is 1. The number of ether oxygens (including phenoxy) is 1. The van der Waals surface area contributed by atoms with Gasteiger partial charge in [0, 0.05) is 28.2 Å². The molecular formula is C20H17NO2. The SMILES string of the molecule is C=Cc1c(/C=C/C(=O)Oc2ccccc2C)[nH]c2ccccc12. The molecule has 0 saturated heterocycles. The van der Waals surface area contributed by atoms with Crippen LogP contribution in [0.4, 0.5) is 0 Å². The maximum Gasteiger partial charge on any atom is 0.336 e. The number of aromatic amines is 1. The van der Waals surface area contributed by atoms with Gasteiger partial charge in [0.05, 0.1) is 0 Å². The Balaban J connectivity index is 1.84. The van der Waals surface area contributed by atoms with Crippen molar-refractivity contribution in [2.45, 2.75) is 6.92 Å². The largest absolute Gasteiger partial charge is 0.423 e. The van der Waals surface area contributed by atoms with E-state index >= 15 is 0 Å². The Kier molecular flexibility index (Phi) is 4.11. The predicted octanol–water partition coefficient (Wildman–Crippen LogP) is 4.74. The average Bonchev–Trinajstić information content (AvgIpc) is 2.92. The molecule has 3 rings (SSSR count). The lowest BCUT2D eigenvalue weighted by Crippen LogP contribution is -2.04. The van der Waals surface area contributed by atoms with Crippen LogP contribution in [-0.2, 0) is 4.79 Å². The standard InChI is InChI=1S/C20H17NO2/c1-3-15-16-9-5-6-10-17(16)21-18(15)12-13-20(22)23-19-11-7-4-8-14(19)2/h3-13,21H,1H2,2H3/b13-12+. The minimum Gasteiger partial charge on any atom is -0.423 e. The fourth-order valence-corrected chi connectivity index (χ4v) is 2.50. The number of H-pyrrole nitrogens is 1. The van der Waals surface area contributed by atoms with Crippen molar-refractivity contribution in [3.8, 4) is 5.75 Å². The van der Waals surface area contributed by atoms with E-state index in [1.807, 2.05) is 49.4 Å². The van der Waals surface area contributed by atoms with Crippen LogP contribution < -0.4 is 4.74 Å². The number of esters is 1. The summed E-state index contributed by atoms with van der Waals surface area (Å²) in [5.74, 6) is 0.163. The summed E-state index contributed by atoms with van der Waals surface area (Å²) in [6, 6.07) is 15.4. The minimum atomic E-state index is -0.409. The van der Waals surface area contributed by atoms with Crippen LogP contribution in [0.25, 0.3) is 23.1 Å². The number of carbonyl (C=O) groups is 1. The smallest absolute Gasteiger partial charge is 0.336 e. The molecule has 1 N–H and O–H groups in total. The molecule has 0 unspecified atom stereocenters. The Hall–Kier alpha value is -3.07. The normalized spacial score (nSPS) is 11.0. The molecule has 0 atom stereocenters. The molecule has 23 heavy (non-hydrogen) atoms. The zero-order chi connectivity index (χ0) is 16.2. The third-order valence-electron chi connectivity index (χ3n) is 3.67. The van der Waals surface area contributed by atoms with E-state index in [-0.39, 0.29) is 0 Å². The summed E-state index contributed by atoms with van der Waals surface area (Å²) in [5.41, 5.74) is 3.74. The molecule has 2 aromatic carbocycles. The van der Waals surface area contributed by atoms with Crippen LogP contribution >= 0.6 is 0 Å². The average molecular weight is 303 g/mol. The van der Waals surface area contributed by atoms with Gasteiger partial charge in [0.15, 0.2) is 0 Å². The fourth-order valence-electron chi connectivity index (χ4n) is 2.50. The maximum atomic E-state index is 12.0. The molecule has 0 aliphatic heterocycles. The van der Waals surface area contributed by atoms with Crippen molar-refractivity contribution in [2.75, 3.05) is 0 Å². The first-order chi connectivity index (χ1) is 11.2. The van der Waals surface area contributed by atoms with Crippen LogP contribution in [0.1, 0.15) is 16.8 Å². The Bertz CT molecular complexity index is 903. The molecule has 3 heteroatoms. The van der Waals surface area contributed by atoms with E-state index in [1.54, 1.807) is 18.2 Å². The second-order valence-corrected chi connectivity index (χ2v) is 5.22. The third-order valence-corrected chi connectivity index (χ3v) is 3.67. The van der Waals surface area contributed by atoms with Gasteiger partial charge in [-0.25, -0.2) is 4.79 Å². The second kappa shape index (κ2) is 6.36. The van der Waals surface area contributed by atoms with Gasteiger partial charge < -0.3 is 9.72 Å². The van der Waals surface area contributed by atoms with Gasteiger partial charge in [-0.1, -0.05) is 49.1 Å². The van der Waals surface area contributed by atoms with Crippen LogP contribution in [0.3, 0.4) is 0 Å². The molecule has 0 bridgehead atoms. The molecule has 0 amide bonds. The van der Waals surface area contributed by atoms with Gasteiger partial charge in [-0.15, -0.1) is 0 Å². The van der Waals surface area contributed by atoms with Gasteiger partial charge in [0.2, 0.25) is 0 Å². The van der Waals surface area contributed by atoms with Gasteiger partial charge in [-0.05, 0) is 30.7 Å². The number of carbonyl (C=O) groups excluding carboxylic acids is 1. The molecule has 0 radical (unpaired) electrons. The van der Waals surface area contributed by atoms with Crippen LogP contribution in [0, 0.1) is 6.92 Å². The van der Waals surface area contributed by atoms with Gasteiger partial charge in [0.25, 0.3) is 0 Å². The van der Waals surface area contributed by atoms with E-state index in [1.165, 1.54) is 6.08 Å². The molecule has 1 heterocycles. The highest BCUT2D eigenvalue weighted by Crippen LogP contribution is 2.24. The summed E-state index contributed by atoms with van der Waals surface area (Å²) in [6.45, 7) is 5.75. The number of hydrogen-bond donors (Lipinski definition) is 1. The van der Waals surface area contributed by atoms with Crippen LogP contribution in [0.15, 0.2) is 61.2 Å². The van der Waals surface area contributed by atoms with Crippen molar-refractivity contribution >= 4 is 29.0 Å². The van der Waals surface area contributed by atoms with Crippen molar-refractivity contribution in [3.63, 3.8) is 0 Å². The molecule has 0 aliphatic carbocycles. The minimum absolute atomic E-state index is 0.409. The van der Waals surface area contributed by atoms with E-state index in [2.05, 4.69) is 11.6 Å². The number of para-hydroxylation sites is 2. The maximum absolute atomic E-state index is 12.0. The van der Waals surface area contributed by atoms with E-state index in [9.17, 15) is 4.79 Å². The molecule has 1 aromatic heterocycles. The fraction of sp³-hybridized carbons (Fsp3) is 0.0500. The number of nitrogens with one attached hydrogen (secondary N) is 1. The number of rotatable bonds is 4. The molecule has 0 aliphatic rings. The van der Waals surface area contributed by atoms with E-state index < -0.39 is 5.97 Å². The lowest BCUT2D eigenvalue weighted by atomic mass is 10.1. The van der Waals surface area contributed by atoms with Crippen molar-refractivity contribution < 1.29 is 9.53 Å². The second-order valence-electron chi connectivity index (χ2n) is 5.22. The van der Waals surface area contributed by atoms with Gasteiger partial charge in [-0.3, -0.25) is 0 Å². The summed E-state index contributed by atoms with van der Waals surface area (Å²) in [5, 5.41) is 1.08. The monoisotopic (exact) mass is 303 g/mol. The number of benzene rings is 2. The van der Waals surface area contributed by atoms with Crippen LogP contribution in [0.5, 0.6) is 5.75 Å². The van der Waals surface area contributed by atoms with Crippen LogP contribution in [0.2, 0.25) is 0 Å². The summed E-state index contributed by atoms with van der Waals surface area (Å²) >= 11 is 0.